The third-order valence-corrected chi connectivity index (χ3v) is 4.66. The van der Waals surface area contributed by atoms with Crippen molar-refractivity contribution >= 4 is 48.4 Å². The van der Waals surface area contributed by atoms with Crippen molar-refractivity contribution < 1.29 is 0 Å². The first-order valence-corrected chi connectivity index (χ1v) is 7.55. The number of hydrogen-bond donors (Lipinski definition) is 0. The Labute approximate surface area is 129 Å². The average molecular weight is 338 g/mol. The van der Waals surface area contributed by atoms with Crippen molar-refractivity contribution in [3.05, 3.63) is 69.4 Å². The molecule has 0 spiro atoms. The van der Waals surface area contributed by atoms with Gasteiger partial charge in [0, 0.05) is 23.8 Å². The van der Waals surface area contributed by atoms with Crippen molar-refractivity contribution in [2.45, 2.75) is 0 Å². The van der Waals surface area contributed by atoms with Gasteiger partial charge in [0.05, 0.1) is 10.9 Å². The van der Waals surface area contributed by atoms with Crippen molar-refractivity contribution in [1.82, 2.24) is 4.57 Å². The second kappa shape index (κ2) is 4.43. The van der Waals surface area contributed by atoms with Crippen molar-refractivity contribution in [2.24, 2.45) is 7.05 Å². The predicted octanol–water partition coefficient (Wildman–Crippen LogP) is 4.61. The molecule has 0 radical (unpaired) electrons. The smallest absolute Gasteiger partial charge is 0.190 e. The van der Waals surface area contributed by atoms with Gasteiger partial charge >= 0.3 is 0 Å². The summed E-state index contributed by atoms with van der Waals surface area (Å²) in [7, 11) is 1.96. The first-order valence-electron chi connectivity index (χ1n) is 6.75. The SMILES string of the molecule is Cn1ccc(=O)c2c3cc4ccccc4cc3c(Br)cc21. The molecule has 0 fully saturated rings. The lowest BCUT2D eigenvalue weighted by atomic mass is 10.00. The van der Waals surface area contributed by atoms with Crippen LogP contribution in [0.3, 0.4) is 0 Å². The monoisotopic (exact) mass is 337 g/mol. The van der Waals surface area contributed by atoms with E-state index in [-0.39, 0.29) is 5.43 Å². The third-order valence-electron chi connectivity index (χ3n) is 4.01. The van der Waals surface area contributed by atoms with E-state index in [1.165, 1.54) is 5.39 Å². The van der Waals surface area contributed by atoms with Gasteiger partial charge in [0.15, 0.2) is 5.43 Å². The van der Waals surface area contributed by atoms with Crippen LogP contribution in [0.1, 0.15) is 0 Å². The molecule has 0 atom stereocenters. The van der Waals surface area contributed by atoms with E-state index in [9.17, 15) is 4.79 Å². The van der Waals surface area contributed by atoms with E-state index in [1.807, 2.05) is 36.0 Å². The summed E-state index contributed by atoms with van der Waals surface area (Å²) in [5.41, 5.74) is 1.01. The van der Waals surface area contributed by atoms with Crippen LogP contribution in [0.4, 0.5) is 0 Å². The zero-order valence-corrected chi connectivity index (χ0v) is 13.0. The van der Waals surface area contributed by atoms with Crippen LogP contribution in [0.25, 0.3) is 32.4 Å². The fourth-order valence-electron chi connectivity index (χ4n) is 2.93. The molecule has 102 valence electrons. The molecule has 0 N–H and O–H groups in total. The molecular formula is C18H12BrNO. The maximum atomic E-state index is 12.4. The number of benzene rings is 3. The van der Waals surface area contributed by atoms with Crippen molar-refractivity contribution in [1.29, 1.82) is 0 Å². The molecule has 4 aromatic rings. The third kappa shape index (κ3) is 1.81. The highest BCUT2D eigenvalue weighted by Crippen LogP contribution is 2.33. The number of aromatic nitrogens is 1. The number of rotatable bonds is 0. The van der Waals surface area contributed by atoms with Gasteiger partial charge in [0.1, 0.15) is 0 Å². The van der Waals surface area contributed by atoms with E-state index in [0.29, 0.717) is 0 Å². The lowest BCUT2D eigenvalue weighted by Crippen LogP contribution is -2.05. The van der Waals surface area contributed by atoms with Crippen LogP contribution in [-0.2, 0) is 7.05 Å². The standard InChI is InChI=1S/C18H12BrNO/c1-20-7-6-17(21)18-14-9-12-5-3-2-4-11(12)8-13(14)15(19)10-16(18)20/h2-10H,1H3. The highest BCUT2D eigenvalue weighted by molar-refractivity contribution is 9.10. The Hall–Kier alpha value is -2.13. The molecule has 0 amide bonds. The Balaban J connectivity index is 2.36. The van der Waals surface area contributed by atoms with Crippen LogP contribution in [0.15, 0.2) is 64.0 Å². The fourth-order valence-corrected chi connectivity index (χ4v) is 3.48. The van der Waals surface area contributed by atoms with E-state index >= 15 is 0 Å². The molecule has 0 saturated heterocycles. The second-order valence-corrected chi connectivity index (χ2v) is 6.14. The molecule has 0 bridgehead atoms. The summed E-state index contributed by atoms with van der Waals surface area (Å²) in [6, 6.07) is 16.1. The Morgan fingerprint density at radius 1 is 0.952 bits per heavy atom. The van der Waals surface area contributed by atoms with Gasteiger partial charge in [-0.25, -0.2) is 0 Å². The maximum Gasteiger partial charge on any atom is 0.190 e. The Morgan fingerprint density at radius 3 is 2.33 bits per heavy atom. The first kappa shape index (κ1) is 12.6. The minimum atomic E-state index is 0.0656. The summed E-state index contributed by atoms with van der Waals surface area (Å²) in [4.78, 5) is 12.4. The van der Waals surface area contributed by atoms with Gasteiger partial charge in [-0.2, -0.15) is 0 Å². The van der Waals surface area contributed by atoms with Gasteiger partial charge < -0.3 is 4.57 Å². The zero-order chi connectivity index (χ0) is 14.6. The van der Waals surface area contributed by atoms with Crippen molar-refractivity contribution in [3.63, 3.8) is 0 Å². The predicted molar refractivity (Wildman–Crippen MR) is 91.9 cm³/mol. The second-order valence-electron chi connectivity index (χ2n) is 5.29. The molecule has 3 aromatic carbocycles. The minimum absolute atomic E-state index is 0.0656. The van der Waals surface area contributed by atoms with Crippen LogP contribution in [0.2, 0.25) is 0 Å². The zero-order valence-electron chi connectivity index (χ0n) is 11.4. The summed E-state index contributed by atoms with van der Waals surface area (Å²) in [6.45, 7) is 0. The van der Waals surface area contributed by atoms with Crippen LogP contribution in [-0.4, -0.2) is 4.57 Å². The molecule has 21 heavy (non-hydrogen) atoms. The molecule has 0 aliphatic rings. The number of nitrogens with zero attached hydrogens (tertiary/aromatic N) is 1. The Morgan fingerprint density at radius 2 is 1.62 bits per heavy atom. The van der Waals surface area contributed by atoms with E-state index < -0.39 is 0 Å². The van der Waals surface area contributed by atoms with Crippen molar-refractivity contribution in [2.75, 3.05) is 0 Å². The number of fused-ring (bicyclic) bond motifs is 4. The molecule has 3 heteroatoms. The van der Waals surface area contributed by atoms with Gasteiger partial charge in [-0.3, -0.25) is 4.79 Å². The van der Waals surface area contributed by atoms with E-state index in [4.69, 9.17) is 0 Å². The lowest BCUT2D eigenvalue weighted by Gasteiger charge is -2.11. The van der Waals surface area contributed by atoms with Crippen LogP contribution >= 0.6 is 15.9 Å². The van der Waals surface area contributed by atoms with Gasteiger partial charge in [0.25, 0.3) is 0 Å². The fraction of sp³-hybridized carbons (Fsp3) is 0.0556. The molecule has 0 saturated carbocycles. The van der Waals surface area contributed by atoms with Crippen LogP contribution < -0.4 is 5.43 Å². The van der Waals surface area contributed by atoms with Gasteiger partial charge in [-0.1, -0.05) is 40.2 Å². The van der Waals surface area contributed by atoms with Crippen LogP contribution in [0, 0.1) is 0 Å². The summed E-state index contributed by atoms with van der Waals surface area (Å²) in [6.07, 6.45) is 1.81. The molecule has 1 aromatic heterocycles. The molecule has 4 rings (SSSR count). The number of hydrogen-bond acceptors (Lipinski definition) is 1. The normalized spacial score (nSPS) is 11.5. The summed E-state index contributed by atoms with van der Waals surface area (Å²) >= 11 is 3.65. The number of pyridine rings is 1. The molecule has 2 nitrogen and oxygen atoms in total. The van der Waals surface area contributed by atoms with Crippen LogP contribution in [0.5, 0.6) is 0 Å². The molecule has 1 heterocycles. The van der Waals surface area contributed by atoms with Gasteiger partial charge in [0.2, 0.25) is 0 Å². The highest BCUT2D eigenvalue weighted by atomic mass is 79.9. The largest absolute Gasteiger partial charge is 0.350 e. The molecular weight excluding hydrogens is 326 g/mol. The van der Waals surface area contributed by atoms with Gasteiger partial charge in [-0.15, -0.1) is 0 Å². The summed E-state index contributed by atoms with van der Waals surface area (Å²) in [5, 5.41) is 5.18. The maximum absolute atomic E-state index is 12.4. The number of aryl methyl sites for hydroxylation is 1. The highest BCUT2D eigenvalue weighted by Gasteiger charge is 2.10. The van der Waals surface area contributed by atoms with Crippen molar-refractivity contribution in [3.8, 4) is 0 Å². The first-order chi connectivity index (χ1) is 10.1. The topological polar surface area (TPSA) is 22.0 Å². The van der Waals surface area contributed by atoms with E-state index in [0.717, 1.165) is 31.5 Å². The molecule has 0 aliphatic heterocycles. The molecule has 0 aliphatic carbocycles. The van der Waals surface area contributed by atoms with E-state index in [2.05, 4.69) is 40.2 Å². The quantitative estimate of drug-likeness (QED) is 0.339. The molecule has 0 unspecified atom stereocenters. The average Bonchev–Trinajstić information content (AvgIpc) is 2.49. The summed E-state index contributed by atoms with van der Waals surface area (Å²) < 4.78 is 2.99. The minimum Gasteiger partial charge on any atom is -0.350 e. The number of halogens is 1. The van der Waals surface area contributed by atoms with E-state index in [1.54, 1.807) is 6.07 Å². The van der Waals surface area contributed by atoms with Gasteiger partial charge in [-0.05, 0) is 39.7 Å². The Bertz CT molecular complexity index is 1080. The Kier molecular flexibility index (Phi) is 2.66. The summed E-state index contributed by atoms with van der Waals surface area (Å²) in [5.74, 6) is 0. The lowest BCUT2D eigenvalue weighted by molar-refractivity contribution is 0.951.